The Morgan fingerprint density at radius 1 is 1.09 bits per heavy atom. The van der Waals surface area contributed by atoms with E-state index >= 15 is 0 Å². The maximum absolute atomic E-state index is 13.6. The first-order valence-corrected chi connectivity index (χ1v) is 13.4. The number of hydrogen-bond donors (Lipinski definition) is 0. The largest absolute Gasteiger partial charge is 0.341 e. The third kappa shape index (κ3) is 6.43. The summed E-state index contributed by atoms with van der Waals surface area (Å²) in [4.78, 5) is 19.4. The van der Waals surface area contributed by atoms with Crippen LogP contribution in [0, 0.1) is 11.6 Å². The Kier molecular flexibility index (Phi) is 8.75. The fraction of sp³-hybridized carbons (Fsp3) is 0.480. The van der Waals surface area contributed by atoms with E-state index in [2.05, 4.69) is 9.80 Å². The zero-order chi connectivity index (χ0) is 24.2. The summed E-state index contributed by atoms with van der Waals surface area (Å²) in [6.07, 6.45) is 0.829. The molecule has 184 valence electrons. The van der Waals surface area contributed by atoms with Gasteiger partial charge in [-0.05, 0) is 42.8 Å². The van der Waals surface area contributed by atoms with E-state index in [9.17, 15) is 13.6 Å². The minimum Gasteiger partial charge on any atom is -0.341 e. The van der Waals surface area contributed by atoms with Gasteiger partial charge in [0.1, 0.15) is 11.6 Å². The van der Waals surface area contributed by atoms with Crippen molar-refractivity contribution in [1.29, 1.82) is 0 Å². The van der Waals surface area contributed by atoms with Crippen LogP contribution in [0.15, 0.2) is 36.4 Å². The van der Waals surface area contributed by atoms with Gasteiger partial charge >= 0.3 is 0 Å². The Hall–Kier alpha value is -1.38. The molecular formula is C25H29Cl2F2N3OS. The fourth-order valence-electron chi connectivity index (χ4n) is 4.68. The second-order valence-corrected chi connectivity index (χ2v) is 11.1. The molecule has 0 aliphatic carbocycles. The van der Waals surface area contributed by atoms with Crippen LogP contribution in [-0.4, -0.2) is 84.5 Å². The number of carbonyl (C=O) groups excluding carboxylic acids is 1. The first-order chi connectivity index (χ1) is 16.3. The number of hydrogen-bond acceptors (Lipinski definition) is 4. The Morgan fingerprint density at radius 2 is 1.76 bits per heavy atom. The second-order valence-electron chi connectivity index (χ2n) is 9.06. The maximum atomic E-state index is 13.6. The van der Waals surface area contributed by atoms with Crippen LogP contribution in [0.25, 0.3) is 0 Å². The maximum Gasteiger partial charge on any atom is 0.253 e. The summed E-state index contributed by atoms with van der Waals surface area (Å²) in [5.41, 5.74) is 0.989. The van der Waals surface area contributed by atoms with E-state index in [1.165, 1.54) is 29.5 Å². The molecule has 0 unspecified atom stereocenters. The molecule has 0 bridgehead atoms. The lowest BCUT2D eigenvalue weighted by Crippen LogP contribution is -2.61. The Morgan fingerprint density at radius 3 is 2.41 bits per heavy atom. The van der Waals surface area contributed by atoms with Crippen molar-refractivity contribution in [3.63, 3.8) is 0 Å². The molecule has 2 saturated heterocycles. The molecule has 0 N–H and O–H groups in total. The molecule has 2 heterocycles. The van der Waals surface area contributed by atoms with Crippen LogP contribution in [0.4, 0.5) is 8.78 Å². The van der Waals surface area contributed by atoms with E-state index < -0.39 is 17.5 Å². The van der Waals surface area contributed by atoms with Crippen molar-refractivity contribution in [3.8, 4) is 0 Å². The van der Waals surface area contributed by atoms with Gasteiger partial charge in [0.05, 0.1) is 10.0 Å². The molecule has 1 atom stereocenters. The molecule has 4 nitrogen and oxygen atoms in total. The molecule has 0 spiro atoms. The Labute approximate surface area is 214 Å². The van der Waals surface area contributed by atoms with Gasteiger partial charge < -0.3 is 9.80 Å². The summed E-state index contributed by atoms with van der Waals surface area (Å²) in [6.45, 7) is 5.77. The number of amides is 1. The molecule has 2 aromatic rings. The van der Waals surface area contributed by atoms with E-state index in [0.29, 0.717) is 22.6 Å². The number of likely N-dealkylation sites (N-methyl/N-ethyl adjacent to an activating group) is 1. The molecule has 2 aliphatic rings. The van der Waals surface area contributed by atoms with Crippen LogP contribution in [0.3, 0.4) is 0 Å². The van der Waals surface area contributed by atoms with E-state index in [0.717, 1.165) is 49.8 Å². The normalized spacial score (nSPS) is 18.5. The van der Waals surface area contributed by atoms with Crippen molar-refractivity contribution >= 4 is 40.9 Å². The third-order valence-electron chi connectivity index (χ3n) is 6.66. The van der Waals surface area contributed by atoms with E-state index in [4.69, 9.17) is 23.2 Å². The number of benzene rings is 2. The standard InChI is InChI=1S/C25H29Cl2F2N3OS/c1-30(25(33)19-10-20(28)13-21(29)11-19)14-18(17-2-3-23(26)24(27)12-17)4-5-31-15-22(16-31)32-6-8-34-9-7-32/h2-3,10-13,18,22H,4-9,14-16H2,1H3/t18-/m1/s1. The van der Waals surface area contributed by atoms with Gasteiger partial charge in [0.15, 0.2) is 0 Å². The molecule has 2 aliphatic heterocycles. The number of carbonyl (C=O) groups is 1. The second kappa shape index (κ2) is 11.6. The van der Waals surface area contributed by atoms with Gasteiger partial charge in [0.25, 0.3) is 5.91 Å². The van der Waals surface area contributed by atoms with E-state index in [1.54, 1.807) is 13.1 Å². The number of thioether (sulfide) groups is 1. The van der Waals surface area contributed by atoms with Gasteiger partial charge in [-0.1, -0.05) is 29.3 Å². The zero-order valence-electron chi connectivity index (χ0n) is 19.2. The van der Waals surface area contributed by atoms with Crippen LogP contribution in [0.2, 0.25) is 10.0 Å². The first kappa shape index (κ1) is 25.7. The lowest BCUT2D eigenvalue weighted by atomic mass is 9.93. The van der Waals surface area contributed by atoms with Crippen molar-refractivity contribution in [2.45, 2.75) is 18.4 Å². The van der Waals surface area contributed by atoms with Gasteiger partial charge in [0.2, 0.25) is 0 Å². The van der Waals surface area contributed by atoms with Crippen LogP contribution in [0.5, 0.6) is 0 Å². The highest BCUT2D eigenvalue weighted by Gasteiger charge is 2.32. The van der Waals surface area contributed by atoms with Crippen molar-refractivity contribution in [2.75, 3.05) is 57.8 Å². The van der Waals surface area contributed by atoms with Crippen molar-refractivity contribution < 1.29 is 13.6 Å². The molecule has 2 fully saturated rings. The summed E-state index contributed by atoms with van der Waals surface area (Å²) < 4.78 is 27.3. The SMILES string of the molecule is CN(C[C@@H](CCN1CC(N2CCSCC2)C1)c1ccc(Cl)c(Cl)c1)C(=O)c1cc(F)cc(F)c1. The lowest BCUT2D eigenvalue weighted by molar-refractivity contribution is 0.0371. The van der Waals surface area contributed by atoms with Crippen LogP contribution in [-0.2, 0) is 0 Å². The van der Waals surface area contributed by atoms with Crippen LogP contribution >= 0.6 is 35.0 Å². The average molecular weight is 528 g/mol. The molecule has 9 heteroatoms. The van der Waals surface area contributed by atoms with Gasteiger partial charge in [0, 0.05) is 74.9 Å². The van der Waals surface area contributed by atoms with Gasteiger partial charge in [-0.15, -0.1) is 0 Å². The fourth-order valence-corrected chi connectivity index (χ4v) is 5.92. The van der Waals surface area contributed by atoms with Gasteiger partial charge in [-0.2, -0.15) is 11.8 Å². The topological polar surface area (TPSA) is 26.8 Å². The van der Waals surface area contributed by atoms with Gasteiger partial charge in [-0.25, -0.2) is 8.78 Å². The van der Waals surface area contributed by atoms with Crippen molar-refractivity contribution in [2.24, 2.45) is 0 Å². The zero-order valence-corrected chi connectivity index (χ0v) is 21.5. The molecule has 0 aromatic heterocycles. The smallest absolute Gasteiger partial charge is 0.253 e. The van der Waals surface area contributed by atoms with E-state index in [-0.39, 0.29) is 11.5 Å². The molecule has 4 rings (SSSR count). The highest BCUT2D eigenvalue weighted by atomic mass is 35.5. The summed E-state index contributed by atoms with van der Waals surface area (Å²) in [5, 5.41) is 0.950. The van der Waals surface area contributed by atoms with E-state index in [1.807, 2.05) is 23.9 Å². The quantitative estimate of drug-likeness (QED) is 0.468. The van der Waals surface area contributed by atoms with Gasteiger partial charge in [-0.3, -0.25) is 9.69 Å². The average Bonchev–Trinajstić information content (AvgIpc) is 2.78. The van der Waals surface area contributed by atoms with Crippen molar-refractivity contribution in [3.05, 3.63) is 69.2 Å². The summed E-state index contributed by atoms with van der Waals surface area (Å²) in [7, 11) is 1.66. The molecule has 34 heavy (non-hydrogen) atoms. The molecule has 2 aromatic carbocycles. The van der Waals surface area contributed by atoms with Crippen molar-refractivity contribution in [1.82, 2.24) is 14.7 Å². The predicted octanol–water partition coefficient (Wildman–Crippen LogP) is 5.25. The Balaban J connectivity index is 1.40. The summed E-state index contributed by atoms with van der Waals surface area (Å²) >= 11 is 14.4. The number of rotatable bonds is 8. The number of nitrogens with zero attached hydrogens (tertiary/aromatic N) is 3. The molecule has 0 radical (unpaired) electrons. The first-order valence-electron chi connectivity index (χ1n) is 11.5. The third-order valence-corrected chi connectivity index (χ3v) is 8.34. The molecule has 1 amide bonds. The van der Waals surface area contributed by atoms with Crippen LogP contribution in [0.1, 0.15) is 28.3 Å². The lowest BCUT2D eigenvalue weighted by Gasteiger charge is -2.47. The highest BCUT2D eigenvalue weighted by Crippen LogP contribution is 2.30. The van der Waals surface area contributed by atoms with Crippen LogP contribution < -0.4 is 0 Å². The highest BCUT2D eigenvalue weighted by molar-refractivity contribution is 7.99. The monoisotopic (exact) mass is 527 g/mol. The predicted molar refractivity (Wildman–Crippen MR) is 136 cm³/mol. The number of halogens is 4. The minimum absolute atomic E-state index is 0.00170. The molecule has 0 saturated carbocycles. The summed E-state index contributed by atoms with van der Waals surface area (Å²) in [5.74, 6) is 0.481. The number of likely N-dealkylation sites (tertiary alicyclic amines) is 1. The summed E-state index contributed by atoms with van der Waals surface area (Å²) in [6, 6.07) is 9.08. The minimum atomic E-state index is -0.766. The Bertz CT molecular complexity index is 995. The molecular weight excluding hydrogens is 499 g/mol.